The van der Waals surface area contributed by atoms with Gasteiger partial charge in [-0.25, -0.2) is 0 Å². The normalized spacial score (nSPS) is 21.6. The number of rotatable bonds is 5. The van der Waals surface area contributed by atoms with E-state index in [2.05, 4.69) is 24.5 Å². The third-order valence-corrected chi connectivity index (χ3v) is 4.82. The lowest BCUT2D eigenvalue weighted by Gasteiger charge is -2.31. The van der Waals surface area contributed by atoms with Gasteiger partial charge in [-0.05, 0) is 31.0 Å². The molecule has 1 aromatic rings. The van der Waals surface area contributed by atoms with Crippen molar-refractivity contribution in [2.45, 2.75) is 26.8 Å². The summed E-state index contributed by atoms with van der Waals surface area (Å²) >= 11 is 6.20. The Labute approximate surface area is 131 Å². The Hall–Kier alpha value is -1.26. The molecule has 0 aromatic heterocycles. The maximum absolute atomic E-state index is 12.7. The number of carbonyl (C=O) groups is 1. The molecular weight excluding hydrogens is 288 g/mol. The van der Waals surface area contributed by atoms with Gasteiger partial charge in [0.15, 0.2) is 0 Å². The molecule has 1 atom stereocenters. The minimum Gasteiger partial charge on any atom is -0.496 e. The van der Waals surface area contributed by atoms with E-state index < -0.39 is 0 Å². The fourth-order valence-electron chi connectivity index (χ4n) is 2.91. The Balaban J connectivity index is 2.11. The Kier molecular flexibility index (Phi) is 5.12. The average molecular weight is 311 g/mol. The molecule has 4 nitrogen and oxygen atoms in total. The fourth-order valence-corrected chi connectivity index (χ4v) is 3.14. The van der Waals surface area contributed by atoms with Gasteiger partial charge in [-0.15, -0.1) is 0 Å². The van der Waals surface area contributed by atoms with Crippen LogP contribution in [0.5, 0.6) is 5.75 Å². The zero-order valence-corrected chi connectivity index (χ0v) is 13.6. The van der Waals surface area contributed by atoms with Crippen molar-refractivity contribution in [1.82, 2.24) is 10.6 Å². The van der Waals surface area contributed by atoms with Gasteiger partial charge in [0.05, 0.1) is 12.5 Å². The highest BCUT2D eigenvalue weighted by molar-refractivity contribution is 6.31. The van der Waals surface area contributed by atoms with Crippen LogP contribution in [-0.4, -0.2) is 26.1 Å². The lowest BCUT2D eigenvalue weighted by molar-refractivity contribution is -0.132. The van der Waals surface area contributed by atoms with Crippen LogP contribution in [0.2, 0.25) is 5.02 Å². The van der Waals surface area contributed by atoms with Gasteiger partial charge in [0.2, 0.25) is 5.91 Å². The van der Waals surface area contributed by atoms with Gasteiger partial charge < -0.3 is 15.4 Å². The smallest absolute Gasteiger partial charge is 0.228 e. The SMILES string of the molecule is COc1cccc(Cl)c1CNC(=O)C1(C(C)C)CCNC1. The summed E-state index contributed by atoms with van der Waals surface area (Å²) in [4.78, 5) is 12.7. The highest BCUT2D eigenvalue weighted by Gasteiger charge is 2.43. The number of amides is 1. The average Bonchev–Trinajstić information content (AvgIpc) is 2.96. The molecular formula is C16H23ClN2O2. The zero-order valence-electron chi connectivity index (χ0n) is 12.8. The Morgan fingerprint density at radius 3 is 2.86 bits per heavy atom. The van der Waals surface area contributed by atoms with Crippen LogP contribution in [0.15, 0.2) is 18.2 Å². The Morgan fingerprint density at radius 2 is 2.29 bits per heavy atom. The van der Waals surface area contributed by atoms with Gasteiger partial charge in [0.25, 0.3) is 0 Å². The summed E-state index contributed by atoms with van der Waals surface area (Å²) in [6.45, 7) is 6.21. The first-order valence-electron chi connectivity index (χ1n) is 7.31. The molecule has 0 saturated carbocycles. The van der Waals surface area contributed by atoms with Crippen LogP contribution >= 0.6 is 11.6 Å². The topological polar surface area (TPSA) is 50.4 Å². The number of halogens is 1. The molecule has 1 fully saturated rings. The molecule has 116 valence electrons. The van der Waals surface area contributed by atoms with Crippen molar-refractivity contribution in [2.24, 2.45) is 11.3 Å². The van der Waals surface area contributed by atoms with Crippen molar-refractivity contribution in [3.05, 3.63) is 28.8 Å². The molecule has 0 radical (unpaired) electrons. The van der Waals surface area contributed by atoms with Crippen molar-refractivity contribution >= 4 is 17.5 Å². The summed E-state index contributed by atoms with van der Waals surface area (Å²) in [6.07, 6.45) is 0.871. The number of carbonyl (C=O) groups excluding carboxylic acids is 1. The van der Waals surface area contributed by atoms with Crippen LogP contribution in [0.3, 0.4) is 0 Å². The predicted octanol–water partition coefficient (Wildman–Crippen LogP) is 2.60. The van der Waals surface area contributed by atoms with Crippen molar-refractivity contribution in [1.29, 1.82) is 0 Å². The third kappa shape index (κ3) is 3.16. The van der Waals surface area contributed by atoms with Crippen LogP contribution in [-0.2, 0) is 11.3 Å². The summed E-state index contributed by atoms with van der Waals surface area (Å²) < 4.78 is 5.31. The number of nitrogens with one attached hydrogen (secondary N) is 2. The van der Waals surface area contributed by atoms with E-state index in [9.17, 15) is 4.79 Å². The molecule has 2 N–H and O–H groups in total. The maximum Gasteiger partial charge on any atom is 0.228 e. The van der Waals surface area contributed by atoms with Crippen LogP contribution < -0.4 is 15.4 Å². The Bertz CT molecular complexity index is 511. The standard InChI is InChI=1S/C16H23ClN2O2/c1-11(2)16(7-8-18-10-16)15(20)19-9-12-13(17)5-4-6-14(12)21-3/h4-6,11,18H,7-10H2,1-3H3,(H,19,20). The van der Waals surface area contributed by atoms with E-state index >= 15 is 0 Å². The number of hydrogen-bond acceptors (Lipinski definition) is 3. The first-order valence-corrected chi connectivity index (χ1v) is 7.69. The second-order valence-corrected chi connectivity index (χ2v) is 6.25. The first kappa shape index (κ1) is 16.1. The van der Waals surface area contributed by atoms with Crippen LogP contribution in [0.1, 0.15) is 25.8 Å². The van der Waals surface area contributed by atoms with E-state index in [-0.39, 0.29) is 11.3 Å². The lowest BCUT2D eigenvalue weighted by Crippen LogP contribution is -2.45. The second-order valence-electron chi connectivity index (χ2n) is 5.84. The van der Waals surface area contributed by atoms with Crippen molar-refractivity contribution < 1.29 is 9.53 Å². The van der Waals surface area contributed by atoms with Crippen LogP contribution in [0.4, 0.5) is 0 Å². The summed E-state index contributed by atoms with van der Waals surface area (Å²) in [5.41, 5.74) is 0.494. The van der Waals surface area contributed by atoms with Gasteiger partial charge in [-0.2, -0.15) is 0 Å². The van der Waals surface area contributed by atoms with E-state index in [0.717, 1.165) is 25.1 Å². The molecule has 2 rings (SSSR count). The monoisotopic (exact) mass is 310 g/mol. The van der Waals surface area contributed by atoms with Crippen LogP contribution in [0, 0.1) is 11.3 Å². The molecule has 1 amide bonds. The summed E-state index contributed by atoms with van der Waals surface area (Å²) in [5.74, 6) is 1.08. The van der Waals surface area contributed by atoms with Gasteiger partial charge >= 0.3 is 0 Å². The summed E-state index contributed by atoms with van der Waals surface area (Å²) in [5, 5.41) is 6.94. The van der Waals surface area contributed by atoms with Gasteiger partial charge in [-0.3, -0.25) is 4.79 Å². The number of ether oxygens (including phenoxy) is 1. The van der Waals surface area contributed by atoms with E-state index in [4.69, 9.17) is 16.3 Å². The van der Waals surface area contributed by atoms with E-state index in [1.807, 2.05) is 12.1 Å². The molecule has 0 bridgehead atoms. The molecule has 1 saturated heterocycles. The molecule has 1 heterocycles. The van der Waals surface area contributed by atoms with E-state index in [0.29, 0.717) is 23.2 Å². The lowest BCUT2D eigenvalue weighted by atomic mass is 9.75. The number of hydrogen-bond donors (Lipinski definition) is 2. The molecule has 0 aliphatic carbocycles. The van der Waals surface area contributed by atoms with Gasteiger partial charge in [0, 0.05) is 23.7 Å². The van der Waals surface area contributed by atoms with Crippen molar-refractivity contribution in [3.8, 4) is 5.75 Å². The molecule has 21 heavy (non-hydrogen) atoms. The van der Waals surface area contributed by atoms with Crippen molar-refractivity contribution in [3.63, 3.8) is 0 Å². The quantitative estimate of drug-likeness (QED) is 0.879. The van der Waals surface area contributed by atoms with E-state index in [1.54, 1.807) is 13.2 Å². The van der Waals surface area contributed by atoms with Crippen molar-refractivity contribution in [2.75, 3.05) is 20.2 Å². The molecule has 1 aliphatic rings. The Morgan fingerprint density at radius 1 is 1.52 bits per heavy atom. The first-order chi connectivity index (χ1) is 10.0. The van der Waals surface area contributed by atoms with E-state index in [1.165, 1.54) is 0 Å². The molecule has 1 unspecified atom stereocenters. The second kappa shape index (κ2) is 6.67. The summed E-state index contributed by atoms with van der Waals surface area (Å²) in [6, 6.07) is 5.49. The largest absolute Gasteiger partial charge is 0.496 e. The van der Waals surface area contributed by atoms with Gasteiger partial charge in [0.1, 0.15) is 5.75 Å². The molecule has 1 aromatic carbocycles. The number of methoxy groups -OCH3 is 1. The molecule has 5 heteroatoms. The van der Waals surface area contributed by atoms with Crippen LogP contribution in [0.25, 0.3) is 0 Å². The molecule has 1 aliphatic heterocycles. The zero-order chi connectivity index (χ0) is 15.5. The minimum atomic E-state index is -0.325. The fraction of sp³-hybridized carbons (Fsp3) is 0.562. The maximum atomic E-state index is 12.7. The number of benzene rings is 1. The summed E-state index contributed by atoms with van der Waals surface area (Å²) in [7, 11) is 1.60. The van der Waals surface area contributed by atoms with Gasteiger partial charge in [-0.1, -0.05) is 31.5 Å². The third-order valence-electron chi connectivity index (χ3n) is 4.47. The highest BCUT2D eigenvalue weighted by atomic mass is 35.5. The minimum absolute atomic E-state index is 0.0875. The highest BCUT2D eigenvalue weighted by Crippen LogP contribution is 2.35. The molecule has 0 spiro atoms. The predicted molar refractivity (Wildman–Crippen MR) is 84.6 cm³/mol.